The molecule has 0 amide bonds. The van der Waals surface area contributed by atoms with E-state index in [4.69, 9.17) is 10.00 Å². The van der Waals surface area contributed by atoms with Crippen LogP contribution in [-0.2, 0) is 4.74 Å². The van der Waals surface area contributed by atoms with Crippen LogP contribution in [0.3, 0.4) is 0 Å². The van der Waals surface area contributed by atoms with Gasteiger partial charge in [0.15, 0.2) is 0 Å². The van der Waals surface area contributed by atoms with E-state index in [-0.39, 0.29) is 6.10 Å². The molecule has 0 radical (unpaired) electrons. The maximum Gasteiger partial charge on any atom is 0.0874 e. The van der Waals surface area contributed by atoms with E-state index in [0.717, 1.165) is 6.42 Å². The predicted octanol–water partition coefficient (Wildman–Crippen LogP) is 1.86. The number of hydrogen-bond acceptors (Lipinski definition) is 3. The molecular formula is C11H19NO2. The molecule has 0 spiro atoms. The Labute approximate surface area is 85.7 Å². The highest BCUT2D eigenvalue weighted by molar-refractivity contribution is 5.08. The molecule has 0 saturated carbocycles. The third-order valence-electron chi connectivity index (χ3n) is 3.33. The van der Waals surface area contributed by atoms with Crippen LogP contribution >= 0.6 is 0 Å². The lowest BCUT2D eigenvalue weighted by Gasteiger charge is -2.43. The molecule has 2 atom stereocenters. The number of hydrogen-bond donors (Lipinski definition) is 1. The zero-order valence-corrected chi connectivity index (χ0v) is 9.21. The van der Waals surface area contributed by atoms with E-state index in [0.29, 0.717) is 19.4 Å². The summed E-state index contributed by atoms with van der Waals surface area (Å²) in [6.07, 6.45) is 2.12. The first-order valence-corrected chi connectivity index (χ1v) is 5.20. The Balaban J connectivity index is 2.79. The van der Waals surface area contributed by atoms with Crippen molar-refractivity contribution in [1.82, 2.24) is 0 Å². The third-order valence-corrected chi connectivity index (χ3v) is 3.33. The van der Waals surface area contributed by atoms with Gasteiger partial charge in [-0.15, -0.1) is 0 Å². The molecule has 3 nitrogen and oxygen atoms in total. The maximum atomic E-state index is 10.4. The molecule has 1 heterocycles. The molecule has 1 aliphatic rings. The van der Waals surface area contributed by atoms with Gasteiger partial charge in [-0.1, -0.05) is 6.92 Å². The van der Waals surface area contributed by atoms with Gasteiger partial charge in [-0.25, -0.2) is 0 Å². The molecule has 80 valence electrons. The van der Waals surface area contributed by atoms with Crippen molar-refractivity contribution in [3.8, 4) is 6.07 Å². The van der Waals surface area contributed by atoms with E-state index < -0.39 is 11.0 Å². The highest BCUT2D eigenvalue weighted by Crippen LogP contribution is 2.40. The van der Waals surface area contributed by atoms with Crippen LogP contribution in [0.15, 0.2) is 0 Å². The topological polar surface area (TPSA) is 53.2 Å². The molecule has 1 rings (SSSR count). The Bertz CT molecular complexity index is 244. The number of ether oxygens (including phenoxy) is 1. The second-order valence-corrected chi connectivity index (χ2v) is 4.62. The van der Waals surface area contributed by atoms with Crippen LogP contribution < -0.4 is 0 Å². The normalized spacial score (nSPS) is 33.8. The predicted molar refractivity (Wildman–Crippen MR) is 53.6 cm³/mol. The van der Waals surface area contributed by atoms with Crippen LogP contribution in [0.25, 0.3) is 0 Å². The number of aliphatic hydroxyl groups is 1. The highest BCUT2D eigenvalue weighted by Gasteiger charge is 2.47. The molecule has 14 heavy (non-hydrogen) atoms. The fourth-order valence-corrected chi connectivity index (χ4v) is 1.87. The molecule has 0 aromatic heterocycles. The number of nitriles is 1. The van der Waals surface area contributed by atoms with Crippen molar-refractivity contribution in [3.63, 3.8) is 0 Å². The van der Waals surface area contributed by atoms with Crippen LogP contribution in [-0.4, -0.2) is 23.4 Å². The first kappa shape index (κ1) is 11.5. The minimum atomic E-state index is -0.888. The monoisotopic (exact) mass is 197 g/mol. The second-order valence-electron chi connectivity index (χ2n) is 4.62. The smallest absolute Gasteiger partial charge is 0.0874 e. The zero-order valence-electron chi connectivity index (χ0n) is 9.21. The van der Waals surface area contributed by atoms with Crippen molar-refractivity contribution >= 4 is 0 Å². The van der Waals surface area contributed by atoms with Crippen LogP contribution in [0.1, 0.15) is 40.0 Å². The maximum absolute atomic E-state index is 10.4. The van der Waals surface area contributed by atoms with Crippen LogP contribution in [0, 0.1) is 16.7 Å². The van der Waals surface area contributed by atoms with E-state index in [9.17, 15) is 5.11 Å². The van der Waals surface area contributed by atoms with Gasteiger partial charge >= 0.3 is 0 Å². The minimum Gasteiger partial charge on any atom is -0.388 e. The summed E-state index contributed by atoms with van der Waals surface area (Å²) in [5, 5.41) is 19.4. The van der Waals surface area contributed by atoms with Gasteiger partial charge < -0.3 is 9.84 Å². The van der Waals surface area contributed by atoms with Gasteiger partial charge in [0.2, 0.25) is 0 Å². The molecule has 0 aromatic rings. The van der Waals surface area contributed by atoms with Gasteiger partial charge in [-0.3, -0.25) is 0 Å². The SMILES string of the molecule is CCC1CC(O)(C(C)(C)C#N)CCO1. The molecular weight excluding hydrogens is 178 g/mol. The summed E-state index contributed by atoms with van der Waals surface area (Å²) in [4.78, 5) is 0. The summed E-state index contributed by atoms with van der Waals surface area (Å²) < 4.78 is 5.49. The Morgan fingerprint density at radius 1 is 1.64 bits per heavy atom. The second kappa shape index (κ2) is 3.88. The van der Waals surface area contributed by atoms with E-state index in [1.54, 1.807) is 13.8 Å². The molecule has 1 fully saturated rings. The molecule has 0 aliphatic carbocycles. The summed E-state index contributed by atoms with van der Waals surface area (Å²) in [6, 6.07) is 2.19. The minimum absolute atomic E-state index is 0.0985. The van der Waals surface area contributed by atoms with Crippen molar-refractivity contribution in [3.05, 3.63) is 0 Å². The van der Waals surface area contributed by atoms with Crippen LogP contribution in [0.4, 0.5) is 0 Å². The van der Waals surface area contributed by atoms with Crippen molar-refractivity contribution in [2.75, 3.05) is 6.61 Å². The lowest BCUT2D eigenvalue weighted by Crippen LogP contribution is -2.50. The van der Waals surface area contributed by atoms with Crippen molar-refractivity contribution < 1.29 is 9.84 Å². The first-order valence-electron chi connectivity index (χ1n) is 5.20. The van der Waals surface area contributed by atoms with Crippen molar-refractivity contribution in [2.45, 2.75) is 51.7 Å². The van der Waals surface area contributed by atoms with Crippen molar-refractivity contribution in [1.29, 1.82) is 5.26 Å². The van der Waals surface area contributed by atoms with E-state index in [1.165, 1.54) is 0 Å². The fourth-order valence-electron chi connectivity index (χ4n) is 1.87. The molecule has 0 bridgehead atoms. The van der Waals surface area contributed by atoms with Crippen LogP contribution in [0.2, 0.25) is 0 Å². The summed E-state index contributed by atoms with van der Waals surface area (Å²) in [5.41, 5.74) is -1.58. The van der Waals surface area contributed by atoms with Gasteiger partial charge in [0.25, 0.3) is 0 Å². The summed E-state index contributed by atoms with van der Waals surface area (Å²) >= 11 is 0. The lowest BCUT2D eigenvalue weighted by atomic mass is 9.70. The number of nitrogens with zero attached hydrogens (tertiary/aromatic N) is 1. The first-order chi connectivity index (χ1) is 6.45. The highest BCUT2D eigenvalue weighted by atomic mass is 16.5. The molecule has 0 aromatic carbocycles. The van der Waals surface area contributed by atoms with E-state index in [2.05, 4.69) is 6.07 Å². The standard InChI is InChI=1S/C11H19NO2/c1-4-9-7-11(13,5-6-14-9)10(2,3)8-12/h9,13H,4-7H2,1-3H3. The van der Waals surface area contributed by atoms with E-state index in [1.807, 2.05) is 6.92 Å². The van der Waals surface area contributed by atoms with Gasteiger partial charge in [0, 0.05) is 19.4 Å². The van der Waals surface area contributed by atoms with Gasteiger partial charge in [0.05, 0.1) is 23.2 Å². The summed E-state index contributed by atoms with van der Waals surface area (Å²) in [7, 11) is 0. The van der Waals surface area contributed by atoms with Gasteiger partial charge in [-0.2, -0.15) is 5.26 Å². The summed E-state index contributed by atoms with van der Waals surface area (Å²) in [6.45, 7) is 6.19. The average molecular weight is 197 g/mol. The Hall–Kier alpha value is -0.590. The van der Waals surface area contributed by atoms with Crippen molar-refractivity contribution in [2.24, 2.45) is 5.41 Å². The molecule has 1 aliphatic heterocycles. The molecule has 1 N–H and O–H groups in total. The van der Waals surface area contributed by atoms with Crippen LogP contribution in [0.5, 0.6) is 0 Å². The van der Waals surface area contributed by atoms with Gasteiger partial charge in [-0.05, 0) is 20.3 Å². The Morgan fingerprint density at radius 2 is 2.29 bits per heavy atom. The lowest BCUT2D eigenvalue weighted by molar-refractivity contribution is -0.143. The molecule has 2 unspecified atom stereocenters. The molecule has 1 saturated heterocycles. The zero-order chi connectivity index (χ0) is 10.8. The van der Waals surface area contributed by atoms with E-state index >= 15 is 0 Å². The largest absolute Gasteiger partial charge is 0.388 e. The Kier molecular flexibility index (Phi) is 3.18. The number of rotatable bonds is 2. The third kappa shape index (κ3) is 1.92. The fraction of sp³-hybridized carbons (Fsp3) is 0.909. The summed E-state index contributed by atoms with van der Waals surface area (Å²) in [5.74, 6) is 0. The average Bonchev–Trinajstić information content (AvgIpc) is 2.17. The van der Waals surface area contributed by atoms with Gasteiger partial charge in [0.1, 0.15) is 0 Å². The Morgan fingerprint density at radius 3 is 2.79 bits per heavy atom. The molecule has 3 heteroatoms. The quantitative estimate of drug-likeness (QED) is 0.735.